The van der Waals surface area contributed by atoms with Crippen LogP contribution in [-0.2, 0) is 17.6 Å². The minimum Gasteiger partial charge on any atom is -0.481 e. The van der Waals surface area contributed by atoms with Crippen LogP contribution < -0.4 is 0 Å². The number of rotatable bonds is 2. The van der Waals surface area contributed by atoms with Gasteiger partial charge in [0.2, 0.25) is 0 Å². The molecular formula is C11H12N4O2. The molecule has 2 heterocycles. The van der Waals surface area contributed by atoms with Crippen molar-refractivity contribution >= 4 is 11.6 Å². The van der Waals surface area contributed by atoms with E-state index in [0.717, 1.165) is 17.8 Å². The van der Waals surface area contributed by atoms with Gasteiger partial charge in [0.25, 0.3) is 0 Å². The number of hydrogen-bond donors (Lipinski definition) is 1. The van der Waals surface area contributed by atoms with Crippen molar-refractivity contribution in [3.63, 3.8) is 0 Å². The van der Waals surface area contributed by atoms with Gasteiger partial charge >= 0.3 is 5.97 Å². The lowest BCUT2D eigenvalue weighted by molar-refractivity contribution is -0.138. The molecule has 0 saturated heterocycles. The molecule has 1 N–H and O–H groups in total. The van der Waals surface area contributed by atoms with E-state index in [0.29, 0.717) is 24.2 Å². The third-order valence-corrected chi connectivity index (χ3v) is 3.21. The van der Waals surface area contributed by atoms with Crippen molar-refractivity contribution in [1.29, 1.82) is 0 Å². The van der Waals surface area contributed by atoms with Gasteiger partial charge < -0.3 is 5.11 Å². The van der Waals surface area contributed by atoms with Gasteiger partial charge in [-0.1, -0.05) is 6.92 Å². The van der Waals surface area contributed by atoms with Crippen LogP contribution >= 0.6 is 0 Å². The zero-order chi connectivity index (χ0) is 12.0. The normalized spacial score (nSPS) is 18.5. The van der Waals surface area contributed by atoms with Crippen LogP contribution in [0.15, 0.2) is 6.07 Å². The second kappa shape index (κ2) is 3.51. The monoisotopic (exact) mass is 232 g/mol. The number of nitrogens with zero attached hydrogens (tertiary/aromatic N) is 4. The zero-order valence-corrected chi connectivity index (χ0v) is 9.42. The summed E-state index contributed by atoms with van der Waals surface area (Å²) in [6.45, 7) is 2.02. The Kier molecular flexibility index (Phi) is 2.10. The van der Waals surface area contributed by atoms with Crippen molar-refractivity contribution in [1.82, 2.24) is 19.8 Å². The van der Waals surface area contributed by atoms with E-state index in [-0.39, 0.29) is 0 Å². The summed E-state index contributed by atoms with van der Waals surface area (Å²) in [6, 6.07) is 1.89. The number of carbonyl (C=O) groups is 1. The number of aromatic nitrogens is 4. The summed E-state index contributed by atoms with van der Waals surface area (Å²) in [5, 5.41) is 21.6. The molecule has 6 nitrogen and oxygen atoms in total. The van der Waals surface area contributed by atoms with Gasteiger partial charge in [0.05, 0.1) is 17.1 Å². The van der Waals surface area contributed by atoms with Gasteiger partial charge in [-0.3, -0.25) is 4.79 Å². The molecule has 88 valence electrons. The Morgan fingerprint density at radius 2 is 2.41 bits per heavy atom. The molecule has 1 aliphatic rings. The molecule has 6 heteroatoms. The third-order valence-electron chi connectivity index (χ3n) is 3.21. The number of hydrogen-bond acceptors (Lipinski definition) is 4. The number of carboxylic acid groups (broad SMARTS) is 1. The highest BCUT2D eigenvalue weighted by atomic mass is 16.4. The standard InChI is InChI=1S/C11H12N4O2/c1-2-6-5-9-12-13-10-7(11(16)17)3-4-8(10)15(9)14-6/h5,7H,2-4H2,1H3,(H,16,17). The molecule has 2 aromatic heterocycles. The van der Waals surface area contributed by atoms with Crippen molar-refractivity contribution in [2.24, 2.45) is 0 Å². The molecule has 0 aliphatic heterocycles. The smallest absolute Gasteiger partial charge is 0.312 e. The molecule has 0 fully saturated rings. The van der Waals surface area contributed by atoms with Crippen LogP contribution in [0.4, 0.5) is 0 Å². The van der Waals surface area contributed by atoms with Gasteiger partial charge in [-0.15, -0.1) is 5.10 Å². The molecule has 0 bridgehead atoms. The fraction of sp³-hybridized carbons (Fsp3) is 0.455. The second-order valence-electron chi connectivity index (χ2n) is 4.22. The maximum Gasteiger partial charge on any atom is 0.312 e. The SMILES string of the molecule is CCc1cc2nnc3c(n2n1)CCC3C(=O)O. The molecule has 0 radical (unpaired) electrons. The number of fused-ring (bicyclic) bond motifs is 3. The second-order valence-corrected chi connectivity index (χ2v) is 4.22. The predicted octanol–water partition coefficient (Wildman–Crippen LogP) is 0.801. The first-order valence-corrected chi connectivity index (χ1v) is 5.67. The minimum absolute atomic E-state index is 0.531. The van der Waals surface area contributed by atoms with Crippen molar-refractivity contribution in [3.8, 4) is 0 Å². The lowest BCUT2D eigenvalue weighted by Crippen LogP contribution is -2.11. The largest absolute Gasteiger partial charge is 0.481 e. The van der Waals surface area contributed by atoms with Gasteiger partial charge in [-0.05, 0) is 19.3 Å². The Morgan fingerprint density at radius 3 is 3.12 bits per heavy atom. The van der Waals surface area contributed by atoms with Gasteiger partial charge in [0.1, 0.15) is 5.92 Å². The van der Waals surface area contributed by atoms with E-state index in [1.165, 1.54) is 0 Å². The minimum atomic E-state index is -0.833. The van der Waals surface area contributed by atoms with E-state index < -0.39 is 11.9 Å². The van der Waals surface area contributed by atoms with E-state index in [4.69, 9.17) is 5.11 Å². The van der Waals surface area contributed by atoms with Gasteiger partial charge in [0.15, 0.2) is 5.65 Å². The van der Waals surface area contributed by atoms with E-state index in [1.807, 2.05) is 13.0 Å². The molecule has 1 aliphatic carbocycles. The number of aliphatic carboxylic acids is 1. The molecule has 0 aromatic carbocycles. The van der Waals surface area contributed by atoms with Crippen LogP contribution in [0.1, 0.15) is 36.3 Å². The highest BCUT2D eigenvalue weighted by molar-refractivity contribution is 5.76. The number of aryl methyl sites for hydroxylation is 2. The average Bonchev–Trinajstić information content (AvgIpc) is 2.91. The Bertz CT molecular complexity index is 605. The van der Waals surface area contributed by atoms with Crippen molar-refractivity contribution < 1.29 is 9.90 Å². The lowest BCUT2D eigenvalue weighted by atomic mass is 10.1. The fourth-order valence-corrected chi connectivity index (χ4v) is 2.30. The maximum atomic E-state index is 11.1. The van der Waals surface area contributed by atoms with Crippen molar-refractivity contribution in [2.45, 2.75) is 32.1 Å². The third kappa shape index (κ3) is 1.40. The topological polar surface area (TPSA) is 80.4 Å². The number of carboxylic acids is 1. The summed E-state index contributed by atoms with van der Waals surface area (Å²) in [6.07, 6.45) is 2.11. The van der Waals surface area contributed by atoms with Crippen LogP contribution in [0.25, 0.3) is 5.65 Å². The first-order valence-electron chi connectivity index (χ1n) is 5.67. The predicted molar refractivity (Wildman–Crippen MR) is 58.9 cm³/mol. The lowest BCUT2D eigenvalue weighted by Gasteiger charge is -2.03. The van der Waals surface area contributed by atoms with Crippen LogP contribution in [0.3, 0.4) is 0 Å². The Morgan fingerprint density at radius 1 is 1.59 bits per heavy atom. The van der Waals surface area contributed by atoms with Crippen LogP contribution in [0.5, 0.6) is 0 Å². The van der Waals surface area contributed by atoms with Gasteiger partial charge in [0, 0.05) is 6.07 Å². The summed E-state index contributed by atoms with van der Waals surface area (Å²) < 4.78 is 1.74. The molecule has 2 aromatic rings. The zero-order valence-electron chi connectivity index (χ0n) is 9.42. The molecular weight excluding hydrogens is 220 g/mol. The molecule has 3 rings (SSSR count). The molecule has 0 spiro atoms. The average molecular weight is 232 g/mol. The van der Waals surface area contributed by atoms with Crippen LogP contribution in [0.2, 0.25) is 0 Å². The van der Waals surface area contributed by atoms with E-state index in [9.17, 15) is 4.79 Å². The molecule has 1 unspecified atom stereocenters. The molecule has 0 saturated carbocycles. The van der Waals surface area contributed by atoms with E-state index in [1.54, 1.807) is 4.52 Å². The van der Waals surface area contributed by atoms with Gasteiger partial charge in [-0.25, -0.2) is 4.52 Å². The van der Waals surface area contributed by atoms with E-state index >= 15 is 0 Å². The maximum absolute atomic E-state index is 11.1. The Hall–Kier alpha value is -1.98. The quantitative estimate of drug-likeness (QED) is 0.828. The summed E-state index contributed by atoms with van der Waals surface area (Å²) in [4.78, 5) is 11.1. The highest BCUT2D eigenvalue weighted by Gasteiger charge is 2.32. The van der Waals surface area contributed by atoms with Crippen LogP contribution in [0, 0.1) is 0 Å². The Labute approximate surface area is 97.3 Å². The first-order chi connectivity index (χ1) is 8.20. The molecule has 17 heavy (non-hydrogen) atoms. The Balaban J connectivity index is 2.20. The van der Waals surface area contributed by atoms with Crippen LogP contribution in [-0.4, -0.2) is 30.9 Å². The van der Waals surface area contributed by atoms with Gasteiger partial charge in [-0.2, -0.15) is 10.2 Å². The summed E-state index contributed by atoms with van der Waals surface area (Å²) in [7, 11) is 0. The summed E-state index contributed by atoms with van der Waals surface area (Å²) in [5.41, 5.74) is 3.11. The highest BCUT2D eigenvalue weighted by Crippen LogP contribution is 2.31. The fourth-order valence-electron chi connectivity index (χ4n) is 2.30. The molecule has 1 atom stereocenters. The van der Waals surface area contributed by atoms with Crippen molar-refractivity contribution in [3.05, 3.63) is 23.1 Å². The van der Waals surface area contributed by atoms with E-state index in [2.05, 4.69) is 15.3 Å². The van der Waals surface area contributed by atoms with Crippen molar-refractivity contribution in [2.75, 3.05) is 0 Å². The summed E-state index contributed by atoms with van der Waals surface area (Å²) in [5.74, 6) is -1.36. The molecule has 0 amide bonds. The summed E-state index contributed by atoms with van der Waals surface area (Å²) >= 11 is 0. The first kappa shape index (κ1) is 10.2.